The van der Waals surface area contributed by atoms with Crippen molar-refractivity contribution in [2.24, 2.45) is 0 Å². The largest absolute Gasteiger partial charge is 0.338 e. The highest BCUT2D eigenvalue weighted by Crippen LogP contribution is 2.15. The van der Waals surface area contributed by atoms with Crippen LogP contribution in [0, 0.1) is 13.8 Å². The third kappa shape index (κ3) is 3.27. The maximum absolute atomic E-state index is 12.6. The molecule has 2 aromatic heterocycles. The number of piperidine rings is 1. The fourth-order valence-electron chi connectivity index (χ4n) is 3.05. The van der Waals surface area contributed by atoms with Crippen LogP contribution in [0.15, 0.2) is 24.4 Å². The third-order valence-electron chi connectivity index (χ3n) is 4.41. The van der Waals surface area contributed by atoms with Gasteiger partial charge in [0.2, 0.25) is 0 Å². The predicted octanol–water partition coefficient (Wildman–Crippen LogP) is 1.71. The van der Waals surface area contributed by atoms with Crippen LogP contribution in [0.25, 0.3) is 5.82 Å². The minimum Gasteiger partial charge on any atom is -0.338 e. The second-order valence-corrected chi connectivity index (χ2v) is 6.10. The lowest BCUT2D eigenvalue weighted by Gasteiger charge is -2.31. The number of hydrogen-bond acceptors (Lipinski definition) is 4. The van der Waals surface area contributed by atoms with Crippen LogP contribution in [0.4, 0.5) is 0 Å². The summed E-state index contributed by atoms with van der Waals surface area (Å²) in [5, 5.41) is 7.69. The molecule has 122 valence electrons. The van der Waals surface area contributed by atoms with E-state index in [-0.39, 0.29) is 5.91 Å². The van der Waals surface area contributed by atoms with Crippen LogP contribution < -0.4 is 5.32 Å². The molecule has 1 N–H and O–H groups in total. The van der Waals surface area contributed by atoms with E-state index >= 15 is 0 Å². The molecule has 3 rings (SSSR count). The fourth-order valence-corrected chi connectivity index (χ4v) is 3.05. The smallest absolute Gasteiger partial charge is 0.255 e. The topological polar surface area (TPSA) is 63.1 Å². The number of carbonyl (C=O) groups excluding carboxylic acids is 1. The highest BCUT2D eigenvalue weighted by molar-refractivity contribution is 5.94. The summed E-state index contributed by atoms with van der Waals surface area (Å²) in [6.07, 6.45) is 3.65. The van der Waals surface area contributed by atoms with Gasteiger partial charge in [0.25, 0.3) is 5.91 Å². The van der Waals surface area contributed by atoms with Crippen molar-refractivity contribution in [2.75, 3.05) is 20.1 Å². The highest BCUT2D eigenvalue weighted by atomic mass is 16.2. The summed E-state index contributed by atoms with van der Waals surface area (Å²) in [4.78, 5) is 18.9. The molecular weight excluding hydrogens is 290 g/mol. The minimum absolute atomic E-state index is 0.0620. The zero-order valence-corrected chi connectivity index (χ0v) is 13.9. The fraction of sp³-hybridized carbons (Fsp3) is 0.471. The molecular formula is C17H23N5O. The van der Waals surface area contributed by atoms with E-state index in [0.717, 1.165) is 43.1 Å². The minimum atomic E-state index is 0.0620. The molecule has 3 heterocycles. The van der Waals surface area contributed by atoms with Crippen molar-refractivity contribution in [3.8, 4) is 5.82 Å². The van der Waals surface area contributed by atoms with Gasteiger partial charge in [-0.1, -0.05) is 0 Å². The van der Waals surface area contributed by atoms with Gasteiger partial charge >= 0.3 is 0 Å². The van der Waals surface area contributed by atoms with E-state index < -0.39 is 0 Å². The van der Waals surface area contributed by atoms with Gasteiger partial charge in [-0.2, -0.15) is 5.10 Å². The first-order valence-electron chi connectivity index (χ1n) is 8.04. The lowest BCUT2D eigenvalue weighted by molar-refractivity contribution is 0.0707. The molecule has 1 aliphatic heterocycles. The van der Waals surface area contributed by atoms with Crippen LogP contribution in [0.2, 0.25) is 0 Å². The molecule has 0 radical (unpaired) electrons. The van der Waals surface area contributed by atoms with Crippen molar-refractivity contribution in [1.82, 2.24) is 25.0 Å². The van der Waals surface area contributed by atoms with E-state index in [2.05, 4.69) is 15.4 Å². The third-order valence-corrected chi connectivity index (χ3v) is 4.41. The summed E-state index contributed by atoms with van der Waals surface area (Å²) in [6, 6.07) is 6.22. The van der Waals surface area contributed by atoms with Gasteiger partial charge in [-0.25, -0.2) is 9.67 Å². The lowest BCUT2D eigenvalue weighted by Crippen LogP contribution is -2.43. The van der Waals surface area contributed by atoms with Crippen LogP contribution in [0.1, 0.15) is 34.6 Å². The molecule has 1 saturated heterocycles. The maximum atomic E-state index is 12.6. The number of rotatable bonds is 3. The summed E-state index contributed by atoms with van der Waals surface area (Å²) in [6.45, 7) is 5.54. The van der Waals surface area contributed by atoms with Crippen LogP contribution in [-0.4, -0.2) is 51.8 Å². The van der Waals surface area contributed by atoms with E-state index in [1.54, 1.807) is 10.9 Å². The Morgan fingerprint density at radius 3 is 2.52 bits per heavy atom. The maximum Gasteiger partial charge on any atom is 0.255 e. The van der Waals surface area contributed by atoms with Crippen molar-refractivity contribution < 1.29 is 4.79 Å². The molecule has 1 amide bonds. The first-order valence-corrected chi connectivity index (χ1v) is 8.04. The molecule has 0 unspecified atom stereocenters. The molecule has 6 nitrogen and oxygen atoms in total. The Morgan fingerprint density at radius 2 is 2.00 bits per heavy atom. The molecule has 0 bridgehead atoms. The number of pyridine rings is 1. The van der Waals surface area contributed by atoms with Crippen molar-refractivity contribution in [3.05, 3.63) is 41.3 Å². The molecule has 1 aliphatic rings. The average molecular weight is 313 g/mol. The SMILES string of the molecule is CNC1CCN(C(=O)c2ccc(-n3nc(C)cc3C)nc2)CC1. The normalized spacial score (nSPS) is 15.9. The zero-order valence-electron chi connectivity index (χ0n) is 13.9. The van der Waals surface area contributed by atoms with Gasteiger partial charge < -0.3 is 10.2 Å². The predicted molar refractivity (Wildman–Crippen MR) is 88.8 cm³/mol. The second kappa shape index (κ2) is 6.50. The molecule has 2 aromatic rings. The Hall–Kier alpha value is -2.21. The molecule has 0 aliphatic carbocycles. The molecule has 23 heavy (non-hydrogen) atoms. The number of hydrogen-bond donors (Lipinski definition) is 1. The van der Waals surface area contributed by atoms with E-state index in [1.165, 1.54) is 0 Å². The van der Waals surface area contributed by atoms with Gasteiger partial charge in [-0.15, -0.1) is 0 Å². The van der Waals surface area contributed by atoms with Crippen LogP contribution in [0.3, 0.4) is 0 Å². The van der Waals surface area contributed by atoms with Gasteiger partial charge in [0.05, 0.1) is 11.3 Å². The van der Waals surface area contributed by atoms with Crippen LogP contribution >= 0.6 is 0 Å². The first-order chi connectivity index (χ1) is 11.1. The van der Waals surface area contributed by atoms with Crippen molar-refractivity contribution >= 4 is 5.91 Å². The molecule has 0 atom stereocenters. The lowest BCUT2D eigenvalue weighted by atomic mass is 10.0. The molecule has 0 spiro atoms. The van der Waals surface area contributed by atoms with E-state index in [0.29, 0.717) is 11.6 Å². The number of aryl methyl sites for hydroxylation is 2. The van der Waals surface area contributed by atoms with Crippen molar-refractivity contribution in [1.29, 1.82) is 0 Å². The number of nitrogens with zero attached hydrogens (tertiary/aromatic N) is 4. The van der Waals surface area contributed by atoms with Gasteiger partial charge in [0.15, 0.2) is 5.82 Å². The monoisotopic (exact) mass is 313 g/mol. The summed E-state index contributed by atoms with van der Waals surface area (Å²) in [7, 11) is 1.98. The average Bonchev–Trinajstić information content (AvgIpc) is 2.93. The van der Waals surface area contributed by atoms with Gasteiger partial charge in [0, 0.05) is 31.0 Å². The highest BCUT2D eigenvalue weighted by Gasteiger charge is 2.22. The molecule has 1 fully saturated rings. The summed E-state index contributed by atoms with van der Waals surface area (Å²) < 4.78 is 1.79. The van der Waals surface area contributed by atoms with E-state index in [4.69, 9.17) is 0 Å². The first kappa shape index (κ1) is 15.7. The number of aromatic nitrogens is 3. The number of carbonyl (C=O) groups is 1. The number of amides is 1. The quantitative estimate of drug-likeness (QED) is 0.937. The second-order valence-electron chi connectivity index (χ2n) is 6.10. The Morgan fingerprint density at radius 1 is 1.26 bits per heavy atom. The zero-order chi connectivity index (χ0) is 16.4. The summed E-state index contributed by atoms with van der Waals surface area (Å²) >= 11 is 0. The van der Waals surface area contributed by atoms with E-state index in [9.17, 15) is 4.79 Å². The summed E-state index contributed by atoms with van der Waals surface area (Å²) in [5.74, 6) is 0.799. The molecule has 6 heteroatoms. The number of nitrogens with one attached hydrogen (secondary N) is 1. The van der Waals surface area contributed by atoms with Crippen molar-refractivity contribution in [3.63, 3.8) is 0 Å². The Kier molecular flexibility index (Phi) is 4.43. The van der Waals surface area contributed by atoms with E-state index in [1.807, 2.05) is 44.0 Å². The summed E-state index contributed by atoms with van der Waals surface area (Å²) in [5.41, 5.74) is 2.62. The van der Waals surface area contributed by atoms with Gasteiger partial charge in [-0.05, 0) is 51.9 Å². The van der Waals surface area contributed by atoms with Crippen molar-refractivity contribution in [2.45, 2.75) is 32.7 Å². The van der Waals surface area contributed by atoms with Crippen LogP contribution in [-0.2, 0) is 0 Å². The Balaban J connectivity index is 1.72. The standard InChI is InChI=1S/C17H23N5O/c1-12-10-13(2)22(20-12)16-5-4-14(11-19-16)17(23)21-8-6-15(18-3)7-9-21/h4-5,10-11,15,18H,6-9H2,1-3H3. The molecule has 0 saturated carbocycles. The molecule has 0 aromatic carbocycles. The Labute approximate surface area is 136 Å². The Bertz CT molecular complexity index is 684. The van der Waals surface area contributed by atoms with Crippen LogP contribution in [0.5, 0.6) is 0 Å². The van der Waals surface area contributed by atoms with Gasteiger partial charge in [-0.3, -0.25) is 4.79 Å². The van der Waals surface area contributed by atoms with Gasteiger partial charge in [0.1, 0.15) is 0 Å². The number of likely N-dealkylation sites (tertiary alicyclic amines) is 1.